The second-order valence-corrected chi connectivity index (χ2v) is 10.6. The molecule has 0 aliphatic rings. The quantitative estimate of drug-likeness (QED) is 0.172. The van der Waals surface area contributed by atoms with E-state index in [0.29, 0.717) is 22.6 Å². The average Bonchev–Trinajstić information content (AvgIpc) is 2.94. The van der Waals surface area contributed by atoms with Crippen LogP contribution in [0.2, 0.25) is 0 Å². The van der Waals surface area contributed by atoms with Crippen molar-refractivity contribution < 1.29 is 32.3 Å². The molecule has 10 nitrogen and oxygen atoms in total. The van der Waals surface area contributed by atoms with E-state index in [0.717, 1.165) is 18.2 Å². The van der Waals surface area contributed by atoms with Gasteiger partial charge < -0.3 is 20.7 Å². The molecule has 1 heterocycles. The molecule has 0 atom stereocenters. The number of hydrogen-bond donors (Lipinski definition) is 4. The van der Waals surface area contributed by atoms with E-state index in [1.54, 1.807) is 64.1 Å². The van der Waals surface area contributed by atoms with Crippen LogP contribution in [0.3, 0.4) is 0 Å². The Morgan fingerprint density at radius 1 is 0.727 bits per heavy atom. The minimum absolute atomic E-state index is 0.178. The van der Waals surface area contributed by atoms with Gasteiger partial charge in [0.15, 0.2) is 0 Å². The van der Waals surface area contributed by atoms with Gasteiger partial charge in [0.1, 0.15) is 5.60 Å². The summed E-state index contributed by atoms with van der Waals surface area (Å²) in [5.74, 6) is -1.04. The van der Waals surface area contributed by atoms with Crippen LogP contribution in [0.4, 0.5) is 46.7 Å². The topological polar surface area (TPSA) is 134 Å². The number of amides is 3. The van der Waals surface area contributed by atoms with Crippen molar-refractivity contribution in [3.63, 3.8) is 0 Å². The van der Waals surface area contributed by atoms with Crippen molar-refractivity contribution in [3.8, 4) is 0 Å². The van der Waals surface area contributed by atoms with E-state index in [9.17, 15) is 27.6 Å². The van der Waals surface area contributed by atoms with Gasteiger partial charge in [-0.05, 0) is 81.8 Å². The van der Waals surface area contributed by atoms with E-state index in [4.69, 9.17) is 4.74 Å². The molecule has 0 unspecified atom stereocenters. The predicted octanol–water partition coefficient (Wildman–Crippen LogP) is 7.40. The SMILES string of the molecule is Cc1ccc(NC(=O)c2cccc(C(F)(F)F)c2)cc1C(=O)Nc1cnc(Nc2cccc(NC(=O)OC(C)(C)C)c2)nc1. The lowest BCUT2D eigenvalue weighted by Gasteiger charge is -2.19. The Bertz CT molecular complexity index is 1690. The maximum absolute atomic E-state index is 13.0. The van der Waals surface area contributed by atoms with Crippen molar-refractivity contribution in [1.82, 2.24) is 9.97 Å². The first-order valence-electron chi connectivity index (χ1n) is 13.3. The fourth-order valence-corrected chi connectivity index (χ4v) is 3.87. The van der Waals surface area contributed by atoms with Gasteiger partial charge in [-0.3, -0.25) is 14.9 Å². The lowest BCUT2D eigenvalue weighted by Crippen LogP contribution is -2.27. The van der Waals surface area contributed by atoms with Gasteiger partial charge >= 0.3 is 12.3 Å². The Labute approximate surface area is 251 Å². The number of aryl methyl sites for hydroxylation is 1. The summed E-state index contributed by atoms with van der Waals surface area (Å²) in [7, 11) is 0. The van der Waals surface area contributed by atoms with Crippen LogP contribution >= 0.6 is 0 Å². The molecule has 0 aliphatic carbocycles. The van der Waals surface area contributed by atoms with Gasteiger partial charge in [-0.25, -0.2) is 14.8 Å². The minimum atomic E-state index is -4.59. The monoisotopic (exact) mass is 606 g/mol. The van der Waals surface area contributed by atoms with E-state index in [-0.39, 0.29) is 22.8 Å². The van der Waals surface area contributed by atoms with E-state index < -0.39 is 35.2 Å². The van der Waals surface area contributed by atoms with Crippen LogP contribution in [0.15, 0.2) is 79.1 Å². The average molecular weight is 607 g/mol. The number of benzene rings is 3. The summed E-state index contributed by atoms with van der Waals surface area (Å²) >= 11 is 0. The summed E-state index contributed by atoms with van der Waals surface area (Å²) in [5, 5.41) is 10.9. The number of rotatable bonds is 7. The van der Waals surface area contributed by atoms with E-state index >= 15 is 0 Å². The summed E-state index contributed by atoms with van der Waals surface area (Å²) in [5.41, 5.74) is 0.664. The molecule has 0 saturated carbocycles. The molecule has 0 bridgehead atoms. The van der Waals surface area contributed by atoms with Crippen LogP contribution < -0.4 is 21.3 Å². The van der Waals surface area contributed by atoms with E-state index in [1.165, 1.54) is 24.5 Å². The lowest BCUT2D eigenvalue weighted by molar-refractivity contribution is -0.137. The van der Waals surface area contributed by atoms with Crippen molar-refractivity contribution in [2.45, 2.75) is 39.5 Å². The molecule has 0 saturated heterocycles. The summed E-state index contributed by atoms with van der Waals surface area (Å²) < 4.78 is 44.4. The third-order valence-corrected chi connectivity index (χ3v) is 5.87. The van der Waals surface area contributed by atoms with Crippen LogP contribution in [-0.2, 0) is 10.9 Å². The zero-order chi connectivity index (χ0) is 32.1. The Morgan fingerprint density at radius 2 is 1.36 bits per heavy atom. The van der Waals surface area contributed by atoms with Crippen LogP contribution in [0.25, 0.3) is 0 Å². The number of aromatic nitrogens is 2. The first-order valence-corrected chi connectivity index (χ1v) is 13.3. The molecule has 228 valence electrons. The number of hydrogen-bond acceptors (Lipinski definition) is 7. The Morgan fingerprint density at radius 3 is 2.05 bits per heavy atom. The highest BCUT2D eigenvalue weighted by atomic mass is 19.4. The van der Waals surface area contributed by atoms with Crippen LogP contribution in [0, 0.1) is 6.92 Å². The Hall–Kier alpha value is -5.46. The molecular formula is C31H29F3N6O4. The maximum atomic E-state index is 13.0. The van der Waals surface area contributed by atoms with Crippen LogP contribution in [-0.4, -0.2) is 33.5 Å². The molecular weight excluding hydrogens is 577 g/mol. The van der Waals surface area contributed by atoms with Gasteiger partial charge in [0.25, 0.3) is 11.8 Å². The molecule has 4 N–H and O–H groups in total. The van der Waals surface area contributed by atoms with Crippen molar-refractivity contribution in [2.75, 3.05) is 21.3 Å². The van der Waals surface area contributed by atoms with Crippen LogP contribution in [0.5, 0.6) is 0 Å². The highest BCUT2D eigenvalue weighted by Crippen LogP contribution is 2.30. The Balaban J connectivity index is 1.39. The summed E-state index contributed by atoms with van der Waals surface area (Å²) in [6.07, 6.45) is -2.39. The van der Waals surface area contributed by atoms with Crippen LogP contribution in [0.1, 0.15) is 52.6 Å². The van der Waals surface area contributed by atoms with Crippen molar-refractivity contribution in [2.24, 2.45) is 0 Å². The molecule has 0 aliphatic heterocycles. The fraction of sp³-hybridized carbons (Fsp3) is 0.194. The van der Waals surface area contributed by atoms with Crippen molar-refractivity contribution in [3.05, 3.63) is 101 Å². The number of nitrogens with zero attached hydrogens (tertiary/aromatic N) is 2. The highest BCUT2D eigenvalue weighted by Gasteiger charge is 2.31. The van der Waals surface area contributed by atoms with Gasteiger partial charge in [0.05, 0.1) is 23.6 Å². The smallest absolute Gasteiger partial charge is 0.416 e. The second kappa shape index (κ2) is 12.8. The standard InChI is InChI=1S/C31H29F3N6O4/c1-18-11-12-23(37-26(41)19-7-5-8-20(13-19)31(32,33)34)15-25(18)27(42)38-24-16-35-28(36-17-24)39-21-9-6-10-22(14-21)40-29(43)44-30(2,3)4/h5-17H,1-4H3,(H,37,41)(H,38,42)(H,40,43)(H,35,36,39). The minimum Gasteiger partial charge on any atom is -0.444 e. The normalized spacial score (nSPS) is 11.3. The molecule has 0 spiro atoms. The second-order valence-electron chi connectivity index (χ2n) is 10.6. The molecule has 13 heteroatoms. The maximum Gasteiger partial charge on any atom is 0.416 e. The first kappa shape index (κ1) is 31.5. The number of carbonyl (C=O) groups is 3. The van der Waals surface area contributed by atoms with Gasteiger partial charge in [0.2, 0.25) is 5.95 Å². The molecule has 44 heavy (non-hydrogen) atoms. The number of anilines is 5. The number of nitrogens with one attached hydrogen (secondary N) is 4. The number of ether oxygens (including phenoxy) is 1. The van der Waals surface area contributed by atoms with Gasteiger partial charge in [-0.15, -0.1) is 0 Å². The summed E-state index contributed by atoms with van der Waals surface area (Å²) in [4.78, 5) is 46.1. The number of halogens is 3. The summed E-state index contributed by atoms with van der Waals surface area (Å²) in [6, 6.07) is 15.5. The summed E-state index contributed by atoms with van der Waals surface area (Å²) in [6.45, 7) is 6.99. The van der Waals surface area contributed by atoms with E-state index in [2.05, 4.69) is 31.2 Å². The van der Waals surface area contributed by atoms with Gasteiger partial charge in [0, 0.05) is 28.2 Å². The molecule has 0 radical (unpaired) electrons. The van der Waals surface area contributed by atoms with Crippen molar-refractivity contribution >= 4 is 46.6 Å². The molecule has 4 aromatic rings. The number of alkyl halides is 3. The largest absolute Gasteiger partial charge is 0.444 e. The van der Waals surface area contributed by atoms with Crippen molar-refractivity contribution in [1.29, 1.82) is 0 Å². The lowest BCUT2D eigenvalue weighted by atomic mass is 10.1. The molecule has 4 rings (SSSR count). The third kappa shape index (κ3) is 8.77. The Kier molecular flexibility index (Phi) is 9.17. The third-order valence-electron chi connectivity index (χ3n) is 5.87. The first-order chi connectivity index (χ1) is 20.7. The zero-order valence-corrected chi connectivity index (χ0v) is 24.2. The zero-order valence-electron chi connectivity index (χ0n) is 24.2. The van der Waals surface area contributed by atoms with Gasteiger partial charge in [-0.2, -0.15) is 13.2 Å². The molecule has 3 aromatic carbocycles. The predicted molar refractivity (Wildman–Crippen MR) is 160 cm³/mol. The molecule has 3 amide bonds. The molecule has 1 aromatic heterocycles. The fourth-order valence-electron chi connectivity index (χ4n) is 3.87. The van der Waals surface area contributed by atoms with Gasteiger partial charge in [-0.1, -0.05) is 18.2 Å². The number of carbonyl (C=O) groups excluding carboxylic acids is 3. The highest BCUT2D eigenvalue weighted by molar-refractivity contribution is 6.08. The van der Waals surface area contributed by atoms with E-state index in [1.807, 2.05) is 0 Å². The molecule has 0 fully saturated rings.